The third-order valence-corrected chi connectivity index (χ3v) is 3.78. The molecule has 2 rings (SSSR count). The minimum absolute atomic E-state index is 0.0677. The molecule has 4 heteroatoms. The van der Waals surface area contributed by atoms with Gasteiger partial charge in [-0.05, 0) is 44.1 Å². The lowest BCUT2D eigenvalue weighted by Crippen LogP contribution is -2.32. The van der Waals surface area contributed by atoms with E-state index in [9.17, 15) is 9.18 Å². The number of ether oxygens (including phenoxy) is 1. The number of hydrogen-bond acceptors (Lipinski definition) is 3. The third-order valence-electron chi connectivity index (χ3n) is 3.78. The monoisotopic (exact) mass is 279 g/mol. The summed E-state index contributed by atoms with van der Waals surface area (Å²) in [5, 5.41) is 0. The van der Waals surface area contributed by atoms with Crippen molar-refractivity contribution < 1.29 is 13.9 Å². The number of likely N-dealkylation sites (tertiary alicyclic amines) is 1. The minimum Gasteiger partial charge on any atom is -0.496 e. The van der Waals surface area contributed by atoms with Crippen LogP contribution in [0.2, 0.25) is 0 Å². The number of Topliss-reactive ketones (excluding diaryl/α,β-unsaturated/α-hetero) is 1. The Hall–Kier alpha value is -1.42. The maximum atomic E-state index is 13.3. The standard InChI is InChI=1S/C16H22FNO2/c1-20-16-8-7-13(17)11-14(16)15(19)12-18-9-5-3-2-4-6-10-18/h7-8,11H,2-6,9-10,12H2,1H3. The van der Waals surface area contributed by atoms with Crippen LogP contribution in [0.1, 0.15) is 42.5 Å². The quantitative estimate of drug-likeness (QED) is 0.792. The maximum Gasteiger partial charge on any atom is 0.180 e. The number of hydrogen-bond donors (Lipinski definition) is 0. The van der Waals surface area contributed by atoms with Crippen LogP contribution in [0.25, 0.3) is 0 Å². The molecule has 0 aliphatic carbocycles. The van der Waals surface area contributed by atoms with Gasteiger partial charge in [-0.1, -0.05) is 19.3 Å². The molecule has 0 amide bonds. The van der Waals surface area contributed by atoms with Crippen LogP contribution in [0.15, 0.2) is 18.2 Å². The van der Waals surface area contributed by atoms with Crippen LogP contribution in [-0.4, -0.2) is 37.4 Å². The molecule has 1 heterocycles. The zero-order valence-corrected chi connectivity index (χ0v) is 12.0. The van der Waals surface area contributed by atoms with E-state index >= 15 is 0 Å². The van der Waals surface area contributed by atoms with Crippen molar-refractivity contribution in [3.05, 3.63) is 29.6 Å². The fraction of sp³-hybridized carbons (Fsp3) is 0.562. The molecular formula is C16H22FNO2. The van der Waals surface area contributed by atoms with E-state index in [2.05, 4.69) is 4.90 Å². The van der Waals surface area contributed by atoms with E-state index in [-0.39, 0.29) is 5.78 Å². The Balaban J connectivity index is 2.04. The van der Waals surface area contributed by atoms with Gasteiger partial charge < -0.3 is 4.74 Å². The highest BCUT2D eigenvalue weighted by molar-refractivity contribution is 6.00. The second-order valence-electron chi connectivity index (χ2n) is 5.31. The van der Waals surface area contributed by atoms with E-state index in [1.807, 2.05) is 0 Å². The molecule has 1 fully saturated rings. The Kier molecular flexibility index (Phi) is 5.53. The van der Waals surface area contributed by atoms with E-state index < -0.39 is 5.82 Å². The summed E-state index contributed by atoms with van der Waals surface area (Å²) >= 11 is 0. The van der Waals surface area contributed by atoms with Crippen molar-refractivity contribution in [2.75, 3.05) is 26.7 Å². The zero-order chi connectivity index (χ0) is 14.4. The van der Waals surface area contributed by atoms with Crippen molar-refractivity contribution in [2.24, 2.45) is 0 Å². The van der Waals surface area contributed by atoms with Gasteiger partial charge in [0.2, 0.25) is 0 Å². The van der Waals surface area contributed by atoms with Crippen LogP contribution >= 0.6 is 0 Å². The molecule has 1 aliphatic heterocycles. The predicted molar refractivity (Wildman–Crippen MR) is 76.8 cm³/mol. The second-order valence-corrected chi connectivity index (χ2v) is 5.31. The number of rotatable bonds is 4. The lowest BCUT2D eigenvalue weighted by atomic mass is 10.1. The van der Waals surface area contributed by atoms with Gasteiger partial charge in [-0.25, -0.2) is 4.39 Å². The Bertz CT molecular complexity index is 454. The van der Waals surface area contributed by atoms with E-state index in [0.717, 1.165) is 25.9 Å². The lowest BCUT2D eigenvalue weighted by molar-refractivity contribution is 0.0921. The summed E-state index contributed by atoms with van der Waals surface area (Å²) in [6.45, 7) is 2.24. The van der Waals surface area contributed by atoms with Crippen molar-refractivity contribution >= 4 is 5.78 Å². The smallest absolute Gasteiger partial charge is 0.180 e. The van der Waals surface area contributed by atoms with E-state index in [1.54, 1.807) is 0 Å². The zero-order valence-electron chi connectivity index (χ0n) is 12.0. The molecule has 110 valence electrons. The highest BCUT2D eigenvalue weighted by Gasteiger charge is 2.17. The lowest BCUT2D eigenvalue weighted by Gasteiger charge is -2.23. The summed E-state index contributed by atoms with van der Waals surface area (Å²) in [6.07, 6.45) is 6.02. The third kappa shape index (κ3) is 4.04. The average molecular weight is 279 g/mol. The Labute approximate surface area is 119 Å². The number of halogens is 1. The van der Waals surface area contributed by atoms with Gasteiger partial charge in [-0.15, -0.1) is 0 Å². The van der Waals surface area contributed by atoms with Gasteiger partial charge in [-0.3, -0.25) is 9.69 Å². The van der Waals surface area contributed by atoms with E-state index in [4.69, 9.17) is 4.74 Å². The van der Waals surface area contributed by atoms with Crippen LogP contribution in [0.4, 0.5) is 4.39 Å². The van der Waals surface area contributed by atoms with Crippen molar-refractivity contribution in [3.63, 3.8) is 0 Å². The number of methoxy groups -OCH3 is 1. The van der Waals surface area contributed by atoms with Crippen molar-refractivity contribution in [2.45, 2.75) is 32.1 Å². The molecule has 1 aliphatic rings. The Morgan fingerprint density at radius 3 is 2.50 bits per heavy atom. The molecule has 1 aromatic carbocycles. The summed E-state index contributed by atoms with van der Waals surface area (Å²) in [5.74, 6) is -0.0211. The molecule has 0 spiro atoms. The molecule has 0 unspecified atom stereocenters. The molecule has 0 aromatic heterocycles. The molecule has 0 N–H and O–H groups in total. The van der Waals surface area contributed by atoms with Gasteiger partial charge in [0.15, 0.2) is 5.78 Å². The summed E-state index contributed by atoms with van der Waals surface area (Å²) in [4.78, 5) is 14.5. The number of nitrogens with zero attached hydrogens (tertiary/aromatic N) is 1. The molecule has 1 saturated heterocycles. The first-order valence-electron chi connectivity index (χ1n) is 7.30. The number of ketones is 1. The topological polar surface area (TPSA) is 29.5 Å². The minimum atomic E-state index is -0.401. The molecule has 0 atom stereocenters. The van der Waals surface area contributed by atoms with Gasteiger partial charge in [0, 0.05) is 0 Å². The van der Waals surface area contributed by atoms with Crippen LogP contribution < -0.4 is 4.74 Å². The van der Waals surface area contributed by atoms with Crippen molar-refractivity contribution in [1.29, 1.82) is 0 Å². The highest BCUT2D eigenvalue weighted by Crippen LogP contribution is 2.20. The van der Waals surface area contributed by atoms with Crippen LogP contribution in [0.3, 0.4) is 0 Å². The van der Waals surface area contributed by atoms with Gasteiger partial charge in [-0.2, -0.15) is 0 Å². The summed E-state index contributed by atoms with van der Waals surface area (Å²) in [6, 6.07) is 4.09. The van der Waals surface area contributed by atoms with Crippen LogP contribution in [0, 0.1) is 5.82 Å². The fourth-order valence-electron chi connectivity index (χ4n) is 2.66. The molecule has 1 aromatic rings. The number of carbonyl (C=O) groups is 1. The molecule has 0 bridgehead atoms. The van der Waals surface area contributed by atoms with Crippen molar-refractivity contribution in [3.8, 4) is 5.75 Å². The number of carbonyl (C=O) groups excluding carboxylic acids is 1. The van der Waals surface area contributed by atoms with E-state index in [1.165, 1.54) is 44.6 Å². The summed E-state index contributed by atoms with van der Waals surface area (Å²) < 4.78 is 18.5. The summed E-state index contributed by atoms with van der Waals surface area (Å²) in [5.41, 5.74) is 0.342. The highest BCUT2D eigenvalue weighted by atomic mass is 19.1. The summed E-state index contributed by atoms with van der Waals surface area (Å²) in [7, 11) is 1.50. The largest absolute Gasteiger partial charge is 0.496 e. The molecule has 3 nitrogen and oxygen atoms in total. The average Bonchev–Trinajstić information content (AvgIpc) is 2.41. The first-order valence-corrected chi connectivity index (χ1v) is 7.30. The maximum absolute atomic E-state index is 13.3. The van der Waals surface area contributed by atoms with Crippen molar-refractivity contribution in [1.82, 2.24) is 4.90 Å². The normalized spacial score (nSPS) is 17.3. The van der Waals surface area contributed by atoms with Gasteiger partial charge in [0.05, 0.1) is 19.2 Å². The first kappa shape index (κ1) is 15.0. The molecule has 20 heavy (non-hydrogen) atoms. The molecular weight excluding hydrogens is 257 g/mol. The Morgan fingerprint density at radius 2 is 1.85 bits per heavy atom. The Morgan fingerprint density at radius 1 is 1.20 bits per heavy atom. The van der Waals surface area contributed by atoms with Crippen LogP contribution in [0.5, 0.6) is 5.75 Å². The second kappa shape index (κ2) is 7.39. The predicted octanol–water partition coefficient (Wildman–Crippen LogP) is 3.28. The first-order chi connectivity index (χ1) is 9.70. The van der Waals surface area contributed by atoms with Gasteiger partial charge in [0.1, 0.15) is 11.6 Å². The molecule has 0 radical (unpaired) electrons. The van der Waals surface area contributed by atoms with E-state index in [0.29, 0.717) is 17.9 Å². The SMILES string of the molecule is COc1ccc(F)cc1C(=O)CN1CCCCCCC1. The van der Waals surface area contributed by atoms with Gasteiger partial charge in [0.25, 0.3) is 0 Å². The van der Waals surface area contributed by atoms with Crippen LogP contribution in [-0.2, 0) is 0 Å². The number of benzene rings is 1. The molecule has 0 saturated carbocycles. The van der Waals surface area contributed by atoms with Gasteiger partial charge >= 0.3 is 0 Å². The fourth-order valence-corrected chi connectivity index (χ4v) is 2.66.